The first-order valence-corrected chi connectivity index (χ1v) is 11.7. The van der Waals surface area contributed by atoms with Gasteiger partial charge in [0.25, 0.3) is 0 Å². The largest absolute Gasteiger partial charge is 0.361 e. The lowest BCUT2D eigenvalue weighted by atomic mass is 10.1. The van der Waals surface area contributed by atoms with Crippen molar-refractivity contribution in [2.24, 2.45) is 0 Å². The first-order chi connectivity index (χ1) is 15.5. The Kier molecular flexibility index (Phi) is 6.93. The number of carbonyl (C=O) groups excluding carboxylic acids is 2. The van der Waals surface area contributed by atoms with Gasteiger partial charge in [0, 0.05) is 42.7 Å². The number of benzene rings is 2. The lowest BCUT2D eigenvalue weighted by molar-refractivity contribution is -0.141. The number of carbonyl (C=O) groups is 2. The van der Waals surface area contributed by atoms with Gasteiger partial charge in [0.15, 0.2) is 0 Å². The molecular weight excluding hydrogens is 398 g/mol. The molecule has 1 N–H and O–H groups in total. The fourth-order valence-corrected chi connectivity index (χ4v) is 4.21. The molecule has 4 rings (SSSR count). The molecule has 168 valence electrons. The number of aryl methyl sites for hydroxylation is 1. The van der Waals surface area contributed by atoms with Crippen LogP contribution in [0.5, 0.6) is 0 Å². The van der Waals surface area contributed by atoms with Crippen LogP contribution in [-0.2, 0) is 22.6 Å². The highest BCUT2D eigenvalue weighted by atomic mass is 16.2. The third kappa shape index (κ3) is 5.39. The van der Waals surface area contributed by atoms with E-state index in [1.165, 1.54) is 16.5 Å². The molecular formula is C27H33N3O2. The van der Waals surface area contributed by atoms with Gasteiger partial charge < -0.3 is 14.8 Å². The van der Waals surface area contributed by atoms with Gasteiger partial charge in [-0.2, -0.15) is 0 Å². The van der Waals surface area contributed by atoms with Crippen LogP contribution in [0.3, 0.4) is 0 Å². The van der Waals surface area contributed by atoms with Gasteiger partial charge in [-0.1, -0.05) is 55.0 Å². The van der Waals surface area contributed by atoms with Crippen LogP contribution in [0.2, 0.25) is 0 Å². The maximum Gasteiger partial charge on any atom is 0.242 e. The number of H-pyrrole nitrogens is 1. The van der Waals surface area contributed by atoms with Crippen molar-refractivity contribution >= 4 is 22.7 Å². The number of rotatable bonds is 10. The maximum absolute atomic E-state index is 13.4. The Morgan fingerprint density at radius 1 is 1.03 bits per heavy atom. The van der Waals surface area contributed by atoms with Crippen molar-refractivity contribution in [1.29, 1.82) is 0 Å². The summed E-state index contributed by atoms with van der Waals surface area (Å²) >= 11 is 0. The van der Waals surface area contributed by atoms with Crippen molar-refractivity contribution in [3.05, 3.63) is 71.4 Å². The Morgan fingerprint density at radius 2 is 1.78 bits per heavy atom. The summed E-state index contributed by atoms with van der Waals surface area (Å²) in [5, 5.41) is 1.20. The number of hydrogen-bond donors (Lipinski definition) is 1. The van der Waals surface area contributed by atoms with Crippen LogP contribution in [0, 0.1) is 6.92 Å². The normalized spacial score (nSPS) is 13.3. The van der Waals surface area contributed by atoms with Crippen LogP contribution in [0.1, 0.15) is 49.3 Å². The van der Waals surface area contributed by atoms with Gasteiger partial charge in [0.1, 0.15) is 6.54 Å². The zero-order valence-electron chi connectivity index (χ0n) is 19.1. The summed E-state index contributed by atoms with van der Waals surface area (Å²) in [5.74, 6) is 0.136. The molecule has 0 spiro atoms. The minimum absolute atomic E-state index is 0.0294. The number of hydrogen-bond acceptors (Lipinski definition) is 2. The summed E-state index contributed by atoms with van der Waals surface area (Å²) in [6.45, 7) is 5.44. The van der Waals surface area contributed by atoms with Gasteiger partial charge in [-0.25, -0.2) is 0 Å². The molecule has 1 heterocycles. The highest BCUT2D eigenvalue weighted by molar-refractivity contribution is 5.86. The van der Waals surface area contributed by atoms with Crippen molar-refractivity contribution in [3.8, 4) is 0 Å². The second-order valence-corrected chi connectivity index (χ2v) is 8.91. The molecule has 0 saturated heterocycles. The van der Waals surface area contributed by atoms with Crippen molar-refractivity contribution < 1.29 is 9.59 Å². The van der Waals surface area contributed by atoms with Gasteiger partial charge in [0.2, 0.25) is 11.8 Å². The van der Waals surface area contributed by atoms with E-state index in [-0.39, 0.29) is 24.4 Å². The summed E-state index contributed by atoms with van der Waals surface area (Å²) in [4.78, 5) is 33.1. The predicted octanol–water partition coefficient (Wildman–Crippen LogP) is 4.84. The molecule has 0 radical (unpaired) electrons. The number of nitrogens with one attached hydrogen (secondary N) is 1. The van der Waals surface area contributed by atoms with E-state index in [2.05, 4.69) is 48.3 Å². The summed E-state index contributed by atoms with van der Waals surface area (Å²) in [6, 6.07) is 16.8. The van der Waals surface area contributed by atoms with Crippen LogP contribution < -0.4 is 0 Å². The molecule has 1 aliphatic rings. The molecule has 2 aromatic carbocycles. The van der Waals surface area contributed by atoms with Crippen LogP contribution >= 0.6 is 0 Å². The molecule has 1 fully saturated rings. The SMILES string of the molecule is CCCC(=O)N(CC(=O)N(CCc1c[nH]c2ccccc12)Cc1ccc(C)cc1)C1CC1. The molecule has 3 aromatic rings. The van der Waals surface area contributed by atoms with Crippen molar-refractivity contribution in [3.63, 3.8) is 0 Å². The highest BCUT2D eigenvalue weighted by Crippen LogP contribution is 2.28. The Labute approximate surface area is 190 Å². The standard InChI is InChI=1S/C27H33N3O2/c1-3-6-26(31)30(23-13-14-23)19-27(32)29(18-21-11-9-20(2)10-12-21)16-15-22-17-28-25-8-5-4-7-24(22)25/h4-5,7-12,17,23,28H,3,6,13-16,18-19H2,1-2H3. The molecule has 5 nitrogen and oxygen atoms in total. The third-order valence-electron chi connectivity index (χ3n) is 6.25. The van der Waals surface area contributed by atoms with E-state index in [1.54, 1.807) is 0 Å². The van der Waals surface area contributed by atoms with Gasteiger partial charge in [0.05, 0.1) is 0 Å². The van der Waals surface area contributed by atoms with E-state index < -0.39 is 0 Å². The van der Waals surface area contributed by atoms with Crippen LogP contribution in [0.15, 0.2) is 54.7 Å². The zero-order chi connectivity index (χ0) is 22.5. The fourth-order valence-electron chi connectivity index (χ4n) is 4.21. The lowest BCUT2D eigenvalue weighted by Crippen LogP contribution is -2.44. The predicted molar refractivity (Wildman–Crippen MR) is 128 cm³/mol. The summed E-state index contributed by atoms with van der Waals surface area (Å²) < 4.78 is 0. The van der Waals surface area contributed by atoms with Gasteiger partial charge in [-0.05, 0) is 49.8 Å². The van der Waals surface area contributed by atoms with Gasteiger partial charge >= 0.3 is 0 Å². The Hall–Kier alpha value is -3.08. The number of para-hydroxylation sites is 1. The second-order valence-electron chi connectivity index (χ2n) is 8.91. The number of nitrogens with zero attached hydrogens (tertiary/aromatic N) is 2. The lowest BCUT2D eigenvalue weighted by Gasteiger charge is -2.28. The minimum atomic E-state index is 0.0294. The van der Waals surface area contributed by atoms with E-state index in [1.807, 2.05) is 35.1 Å². The van der Waals surface area contributed by atoms with E-state index >= 15 is 0 Å². The molecule has 0 atom stereocenters. The zero-order valence-corrected chi connectivity index (χ0v) is 19.1. The van der Waals surface area contributed by atoms with E-state index in [0.717, 1.165) is 36.8 Å². The first-order valence-electron chi connectivity index (χ1n) is 11.7. The quantitative estimate of drug-likeness (QED) is 0.499. The molecule has 32 heavy (non-hydrogen) atoms. The van der Waals surface area contributed by atoms with Crippen molar-refractivity contribution in [1.82, 2.24) is 14.8 Å². The van der Waals surface area contributed by atoms with Gasteiger partial charge in [-0.3, -0.25) is 9.59 Å². The van der Waals surface area contributed by atoms with Crippen molar-refractivity contribution in [2.45, 2.75) is 58.5 Å². The smallest absolute Gasteiger partial charge is 0.242 e. The molecule has 0 bridgehead atoms. The second kappa shape index (κ2) is 10.0. The van der Waals surface area contributed by atoms with E-state index in [9.17, 15) is 9.59 Å². The summed E-state index contributed by atoms with van der Waals surface area (Å²) in [5.41, 5.74) is 4.64. The third-order valence-corrected chi connectivity index (χ3v) is 6.25. The Balaban J connectivity index is 1.50. The average molecular weight is 432 g/mol. The molecule has 2 amide bonds. The maximum atomic E-state index is 13.4. The molecule has 1 aromatic heterocycles. The summed E-state index contributed by atoms with van der Waals surface area (Å²) in [6.07, 6.45) is 6.15. The summed E-state index contributed by atoms with van der Waals surface area (Å²) in [7, 11) is 0. The van der Waals surface area contributed by atoms with Crippen LogP contribution in [-0.4, -0.2) is 45.7 Å². The van der Waals surface area contributed by atoms with E-state index in [4.69, 9.17) is 0 Å². The van der Waals surface area contributed by atoms with Gasteiger partial charge in [-0.15, -0.1) is 0 Å². The fraction of sp³-hybridized carbons (Fsp3) is 0.407. The number of fused-ring (bicyclic) bond motifs is 1. The van der Waals surface area contributed by atoms with E-state index in [0.29, 0.717) is 19.5 Å². The van der Waals surface area contributed by atoms with Crippen molar-refractivity contribution in [2.75, 3.05) is 13.1 Å². The Bertz CT molecular complexity index is 1070. The number of amides is 2. The topological polar surface area (TPSA) is 56.4 Å². The van der Waals surface area contributed by atoms with Crippen LogP contribution in [0.25, 0.3) is 10.9 Å². The molecule has 1 aliphatic carbocycles. The molecule has 0 aliphatic heterocycles. The Morgan fingerprint density at radius 3 is 2.50 bits per heavy atom. The number of aromatic amines is 1. The monoisotopic (exact) mass is 431 g/mol. The average Bonchev–Trinajstić information content (AvgIpc) is 3.56. The molecule has 5 heteroatoms. The minimum Gasteiger partial charge on any atom is -0.361 e. The molecule has 0 unspecified atom stereocenters. The molecule has 1 saturated carbocycles. The highest BCUT2D eigenvalue weighted by Gasteiger charge is 2.34. The van der Waals surface area contributed by atoms with Crippen LogP contribution in [0.4, 0.5) is 0 Å². The number of aromatic nitrogens is 1. The first kappa shape index (κ1) is 22.1.